The molecule has 0 N–H and O–H groups in total. The van der Waals surface area contributed by atoms with Crippen molar-refractivity contribution in [2.24, 2.45) is 0 Å². The molecule has 88 valence electrons. The van der Waals surface area contributed by atoms with Gasteiger partial charge in [0, 0.05) is 0 Å². The zero-order valence-electron chi connectivity index (χ0n) is 9.66. The highest BCUT2D eigenvalue weighted by Gasteiger charge is 2.31. The first-order valence-corrected chi connectivity index (χ1v) is 4.90. The molecular weight excluding hydrogens is 200 g/mol. The van der Waals surface area contributed by atoms with Crippen molar-refractivity contribution in [2.45, 2.75) is 33.3 Å². The van der Waals surface area contributed by atoms with Gasteiger partial charge in [0.05, 0.1) is 13.2 Å². The molecule has 0 unspecified atom stereocenters. The third-order valence-electron chi connectivity index (χ3n) is 1.62. The Morgan fingerprint density at radius 2 is 1.60 bits per heavy atom. The van der Waals surface area contributed by atoms with Crippen molar-refractivity contribution in [2.75, 3.05) is 19.8 Å². The lowest BCUT2D eigenvalue weighted by atomic mass is 10.1. The number of esters is 2. The van der Waals surface area contributed by atoms with E-state index in [1.54, 1.807) is 27.7 Å². The van der Waals surface area contributed by atoms with Gasteiger partial charge in [-0.2, -0.15) is 0 Å². The second-order valence-electron chi connectivity index (χ2n) is 3.32. The molecule has 0 bridgehead atoms. The summed E-state index contributed by atoms with van der Waals surface area (Å²) >= 11 is 0. The molecule has 15 heavy (non-hydrogen) atoms. The third kappa shape index (κ3) is 5.37. The molecule has 0 aliphatic heterocycles. The highest BCUT2D eigenvalue weighted by Crippen LogP contribution is 2.11. The fourth-order valence-corrected chi connectivity index (χ4v) is 0.806. The van der Waals surface area contributed by atoms with Crippen LogP contribution in [0.25, 0.3) is 0 Å². The Morgan fingerprint density at radius 3 is 2.07 bits per heavy atom. The van der Waals surface area contributed by atoms with Crippen molar-refractivity contribution in [3.05, 3.63) is 0 Å². The zero-order valence-corrected chi connectivity index (χ0v) is 9.66. The first kappa shape index (κ1) is 13.9. The molecule has 5 nitrogen and oxygen atoms in total. The van der Waals surface area contributed by atoms with E-state index < -0.39 is 17.5 Å². The van der Waals surface area contributed by atoms with E-state index in [9.17, 15) is 9.59 Å². The van der Waals surface area contributed by atoms with Crippen molar-refractivity contribution in [1.82, 2.24) is 0 Å². The number of carbonyl (C=O) groups excluding carboxylic acids is 2. The maximum Gasteiger partial charge on any atom is 0.337 e. The average molecular weight is 218 g/mol. The molecule has 0 saturated heterocycles. The van der Waals surface area contributed by atoms with E-state index in [1.165, 1.54) is 0 Å². The van der Waals surface area contributed by atoms with E-state index in [4.69, 9.17) is 9.47 Å². The van der Waals surface area contributed by atoms with Gasteiger partial charge in [-0.05, 0) is 27.7 Å². The van der Waals surface area contributed by atoms with Crippen LogP contribution in [0.3, 0.4) is 0 Å². The van der Waals surface area contributed by atoms with Crippen molar-refractivity contribution < 1.29 is 23.8 Å². The highest BCUT2D eigenvalue weighted by molar-refractivity contribution is 5.79. The summed E-state index contributed by atoms with van der Waals surface area (Å²) in [6, 6.07) is 0. The highest BCUT2D eigenvalue weighted by atomic mass is 16.6. The zero-order chi connectivity index (χ0) is 11.9. The summed E-state index contributed by atoms with van der Waals surface area (Å²) in [5.74, 6) is -0.982. The van der Waals surface area contributed by atoms with Crippen molar-refractivity contribution in [1.29, 1.82) is 0 Å². The van der Waals surface area contributed by atoms with Gasteiger partial charge in [-0.15, -0.1) is 0 Å². The number of rotatable bonds is 6. The van der Waals surface area contributed by atoms with Crippen LogP contribution in [0, 0.1) is 0 Å². The summed E-state index contributed by atoms with van der Waals surface area (Å²) in [5, 5.41) is 0. The number of hydrogen-bond acceptors (Lipinski definition) is 5. The molecule has 0 spiro atoms. The minimum Gasteiger partial charge on any atom is -0.464 e. The average Bonchev–Trinajstić information content (AvgIpc) is 2.16. The summed E-state index contributed by atoms with van der Waals surface area (Å²) in [7, 11) is 0. The Bertz CT molecular complexity index is 222. The normalized spacial score (nSPS) is 10.9. The smallest absolute Gasteiger partial charge is 0.337 e. The summed E-state index contributed by atoms with van der Waals surface area (Å²) in [6.45, 7) is 6.83. The largest absolute Gasteiger partial charge is 0.464 e. The molecule has 0 aromatic rings. The molecule has 0 aliphatic rings. The van der Waals surface area contributed by atoms with E-state index in [0.29, 0.717) is 6.61 Å². The molecular formula is C10H18O5. The summed E-state index contributed by atoms with van der Waals surface area (Å²) in [5.41, 5.74) is -1.12. The van der Waals surface area contributed by atoms with E-state index >= 15 is 0 Å². The summed E-state index contributed by atoms with van der Waals surface area (Å²) in [4.78, 5) is 22.3. The SMILES string of the molecule is CCOC(=O)COC(C)(C)C(=O)OCC. The third-order valence-corrected chi connectivity index (χ3v) is 1.62. The van der Waals surface area contributed by atoms with Crippen LogP contribution in [0.1, 0.15) is 27.7 Å². The van der Waals surface area contributed by atoms with Gasteiger partial charge in [0.2, 0.25) is 0 Å². The Morgan fingerprint density at radius 1 is 1.07 bits per heavy atom. The van der Waals surface area contributed by atoms with Crippen molar-refractivity contribution in [3.8, 4) is 0 Å². The van der Waals surface area contributed by atoms with Gasteiger partial charge < -0.3 is 14.2 Å². The van der Waals surface area contributed by atoms with Crippen LogP contribution in [-0.2, 0) is 23.8 Å². The molecule has 5 heteroatoms. The molecule has 0 rings (SSSR count). The predicted molar refractivity (Wildman–Crippen MR) is 53.3 cm³/mol. The summed E-state index contributed by atoms with van der Waals surface area (Å²) in [6.07, 6.45) is 0. The van der Waals surface area contributed by atoms with Crippen LogP contribution in [0.4, 0.5) is 0 Å². The van der Waals surface area contributed by atoms with E-state index in [1.807, 2.05) is 0 Å². The molecule has 0 amide bonds. The van der Waals surface area contributed by atoms with E-state index in [0.717, 1.165) is 0 Å². The van der Waals surface area contributed by atoms with Crippen LogP contribution < -0.4 is 0 Å². The van der Waals surface area contributed by atoms with Crippen LogP contribution in [0.5, 0.6) is 0 Å². The molecule has 0 heterocycles. The molecule has 0 atom stereocenters. The monoisotopic (exact) mass is 218 g/mol. The van der Waals surface area contributed by atoms with Crippen LogP contribution >= 0.6 is 0 Å². The Kier molecular flexibility index (Phi) is 5.93. The minimum atomic E-state index is -1.12. The first-order chi connectivity index (χ1) is 6.94. The standard InChI is InChI=1S/C10H18O5/c1-5-13-8(11)7-15-10(3,4)9(12)14-6-2/h5-7H2,1-4H3. The van der Waals surface area contributed by atoms with Crippen molar-refractivity contribution >= 4 is 11.9 Å². The summed E-state index contributed by atoms with van der Waals surface area (Å²) < 4.78 is 14.6. The molecule has 0 radical (unpaired) electrons. The van der Waals surface area contributed by atoms with Gasteiger partial charge in [-0.3, -0.25) is 0 Å². The lowest BCUT2D eigenvalue weighted by molar-refractivity contribution is -0.173. The van der Waals surface area contributed by atoms with Gasteiger partial charge in [-0.25, -0.2) is 9.59 Å². The predicted octanol–water partition coefficient (Wildman–Crippen LogP) is 0.908. The van der Waals surface area contributed by atoms with Gasteiger partial charge in [-0.1, -0.05) is 0 Å². The first-order valence-electron chi connectivity index (χ1n) is 4.90. The molecule has 0 fully saturated rings. The fraction of sp³-hybridized carbons (Fsp3) is 0.800. The second-order valence-corrected chi connectivity index (χ2v) is 3.32. The Hall–Kier alpha value is -1.10. The van der Waals surface area contributed by atoms with Crippen LogP contribution in [-0.4, -0.2) is 37.4 Å². The van der Waals surface area contributed by atoms with Gasteiger partial charge in [0.25, 0.3) is 0 Å². The minimum absolute atomic E-state index is 0.250. The maximum absolute atomic E-state index is 11.3. The fourth-order valence-electron chi connectivity index (χ4n) is 0.806. The topological polar surface area (TPSA) is 61.8 Å². The number of hydrogen-bond donors (Lipinski definition) is 0. The lowest BCUT2D eigenvalue weighted by Crippen LogP contribution is -2.38. The molecule has 0 aliphatic carbocycles. The number of carbonyl (C=O) groups is 2. The molecule has 0 saturated carbocycles. The Labute approximate surface area is 89.7 Å². The van der Waals surface area contributed by atoms with Gasteiger partial charge in [0.15, 0.2) is 5.60 Å². The maximum atomic E-state index is 11.3. The van der Waals surface area contributed by atoms with E-state index in [2.05, 4.69) is 4.74 Å². The van der Waals surface area contributed by atoms with Gasteiger partial charge >= 0.3 is 11.9 Å². The lowest BCUT2D eigenvalue weighted by Gasteiger charge is -2.22. The van der Waals surface area contributed by atoms with Crippen LogP contribution in [0.15, 0.2) is 0 Å². The quantitative estimate of drug-likeness (QED) is 0.620. The number of ether oxygens (including phenoxy) is 3. The Balaban J connectivity index is 4.03. The van der Waals surface area contributed by atoms with Crippen LogP contribution in [0.2, 0.25) is 0 Å². The second kappa shape index (κ2) is 6.40. The van der Waals surface area contributed by atoms with Gasteiger partial charge in [0.1, 0.15) is 6.61 Å². The van der Waals surface area contributed by atoms with E-state index in [-0.39, 0.29) is 13.2 Å². The molecule has 0 aromatic heterocycles. The van der Waals surface area contributed by atoms with Crippen molar-refractivity contribution in [3.63, 3.8) is 0 Å². The molecule has 0 aromatic carbocycles.